The van der Waals surface area contributed by atoms with Gasteiger partial charge in [-0.25, -0.2) is 4.79 Å². The summed E-state index contributed by atoms with van der Waals surface area (Å²) in [6.07, 6.45) is -0.394. The summed E-state index contributed by atoms with van der Waals surface area (Å²) in [7, 11) is 1.63. The molecule has 2 aliphatic rings. The summed E-state index contributed by atoms with van der Waals surface area (Å²) in [6.45, 7) is 1.11. The standard InChI is InChI=1S/C19H21N5O5/c1-22-15-5-2-3-6-16(15)29-11-14(18(22)26)20-17(25)13-9-12-10-23(19(27)28)7-4-8-24(12)21-13/h2-3,5-6,9,14H,4,7-8,10-11H2,1H3,(H,20,25)(H,27,28)/t14-/m0/s1. The summed E-state index contributed by atoms with van der Waals surface area (Å²) < 4.78 is 7.35. The maximum Gasteiger partial charge on any atom is 0.407 e. The van der Waals surface area contributed by atoms with E-state index in [1.54, 1.807) is 29.9 Å². The Morgan fingerprint density at radius 3 is 2.86 bits per heavy atom. The molecule has 0 spiro atoms. The normalized spacial score (nSPS) is 18.8. The first kappa shape index (κ1) is 18.8. The lowest BCUT2D eigenvalue weighted by atomic mass is 10.2. The number of hydrogen-bond donors (Lipinski definition) is 2. The molecule has 152 valence electrons. The quantitative estimate of drug-likeness (QED) is 0.776. The Labute approximate surface area is 166 Å². The van der Waals surface area contributed by atoms with E-state index < -0.39 is 18.0 Å². The minimum absolute atomic E-state index is 0.00623. The highest BCUT2D eigenvalue weighted by Crippen LogP contribution is 2.29. The number of rotatable bonds is 2. The molecule has 29 heavy (non-hydrogen) atoms. The molecule has 0 unspecified atom stereocenters. The van der Waals surface area contributed by atoms with Gasteiger partial charge in [-0.1, -0.05) is 12.1 Å². The van der Waals surface area contributed by atoms with Crippen molar-refractivity contribution in [2.45, 2.75) is 25.6 Å². The number of hydrogen-bond acceptors (Lipinski definition) is 5. The Morgan fingerprint density at radius 2 is 2.07 bits per heavy atom. The predicted molar refractivity (Wildman–Crippen MR) is 102 cm³/mol. The molecule has 0 fully saturated rings. The minimum Gasteiger partial charge on any atom is -0.489 e. The molecule has 2 aliphatic heterocycles. The second-order valence-corrected chi connectivity index (χ2v) is 7.00. The Hall–Kier alpha value is -3.56. The minimum atomic E-state index is -1.01. The van der Waals surface area contributed by atoms with E-state index in [9.17, 15) is 19.5 Å². The molecule has 10 heteroatoms. The fourth-order valence-corrected chi connectivity index (χ4v) is 3.53. The van der Waals surface area contributed by atoms with Crippen molar-refractivity contribution in [1.29, 1.82) is 0 Å². The largest absolute Gasteiger partial charge is 0.489 e. The molecule has 4 rings (SSSR count). The van der Waals surface area contributed by atoms with Crippen molar-refractivity contribution in [3.05, 3.63) is 41.7 Å². The third-order valence-electron chi connectivity index (χ3n) is 5.08. The molecular weight excluding hydrogens is 378 g/mol. The molecule has 2 aromatic rings. The Bertz CT molecular complexity index is 972. The van der Waals surface area contributed by atoms with E-state index in [1.165, 1.54) is 9.80 Å². The molecule has 1 aromatic heterocycles. The smallest absolute Gasteiger partial charge is 0.407 e. The van der Waals surface area contributed by atoms with Crippen LogP contribution in [-0.2, 0) is 17.9 Å². The first-order valence-electron chi connectivity index (χ1n) is 9.29. The van der Waals surface area contributed by atoms with Crippen molar-refractivity contribution in [3.8, 4) is 5.75 Å². The van der Waals surface area contributed by atoms with Gasteiger partial charge >= 0.3 is 6.09 Å². The molecular formula is C19H21N5O5. The van der Waals surface area contributed by atoms with Gasteiger partial charge in [0, 0.05) is 20.1 Å². The van der Waals surface area contributed by atoms with E-state index >= 15 is 0 Å². The van der Waals surface area contributed by atoms with Gasteiger partial charge < -0.3 is 25.0 Å². The van der Waals surface area contributed by atoms with E-state index in [1.807, 2.05) is 12.1 Å². The van der Waals surface area contributed by atoms with Gasteiger partial charge in [-0.05, 0) is 24.6 Å². The third kappa shape index (κ3) is 3.60. The maximum atomic E-state index is 12.8. The highest BCUT2D eigenvalue weighted by molar-refractivity contribution is 6.02. The number of anilines is 1. The Morgan fingerprint density at radius 1 is 1.28 bits per heavy atom. The molecule has 10 nitrogen and oxygen atoms in total. The lowest BCUT2D eigenvalue weighted by Crippen LogP contribution is -2.49. The number of benzene rings is 1. The number of aromatic nitrogens is 2. The summed E-state index contributed by atoms with van der Waals surface area (Å²) in [4.78, 5) is 39.5. The van der Waals surface area contributed by atoms with Crippen molar-refractivity contribution in [2.75, 3.05) is 25.1 Å². The average Bonchev–Trinajstić information content (AvgIpc) is 2.95. The fourth-order valence-electron chi connectivity index (χ4n) is 3.53. The summed E-state index contributed by atoms with van der Waals surface area (Å²) in [5, 5.41) is 16.2. The number of ether oxygens (including phenoxy) is 1. The zero-order chi connectivity index (χ0) is 20.5. The SMILES string of the molecule is CN1C(=O)[C@@H](NC(=O)c2cc3n(n2)CCCN(C(=O)O)C3)COc2ccccc21. The van der Waals surface area contributed by atoms with Gasteiger partial charge in [0.15, 0.2) is 5.69 Å². The second kappa shape index (κ2) is 7.46. The van der Waals surface area contributed by atoms with Crippen LogP contribution < -0.4 is 15.0 Å². The second-order valence-electron chi connectivity index (χ2n) is 7.00. The Balaban J connectivity index is 1.50. The molecule has 2 N–H and O–H groups in total. The summed E-state index contributed by atoms with van der Waals surface area (Å²) in [6, 6.07) is 7.87. The molecule has 0 radical (unpaired) electrons. The van der Waals surface area contributed by atoms with E-state index in [-0.39, 0.29) is 24.8 Å². The van der Waals surface area contributed by atoms with Gasteiger partial charge in [0.1, 0.15) is 18.4 Å². The van der Waals surface area contributed by atoms with E-state index in [4.69, 9.17) is 4.74 Å². The number of nitrogens with zero attached hydrogens (tertiary/aromatic N) is 4. The molecule has 0 saturated heterocycles. The van der Waals surface area contributed by atoms with Gasteiger partial charge in [-0.3, -0.25) is 14.3 Å². The van der Waals surface area contributed by atoms with Crippen molar-refractivity contribution in [3.63, 3.8) is 0 Å². The van der Waals surface area contributed by atoms with E-state index in [0.717, 1.165) is 0 Å². The molecule has 3 heterocycles. The highest BCUT2D eigenvalue weighted by atomic mass is 16.5. The van der Waals surface area contributed by atoms with Crippen LogP contribution in [0.25, 0.3) is 0 Å². The first-order valence-corrected chi connectivity index (χ1v) is 9.29. The lowest BCUT2D eigenvalue weighted by Gasteiger charge is -2.20. The van der Waals surface area contributed by atoms with Crippen LogP contribution in [-0.4, -0.2) is 63.9 Å². The van der Waals surface area contributed by atoms with Gasteiger partial charge in [0.25, 0.3) is 11.8 Å². The number of aryl methyl sites for hydroxylation is 1. The number of amides is 3. The number of para-hydroxylation sites is 2. The summed E-state index contributed by atoms with van der Waals surface area (Å²) in [5.41, 5.74) is 1.42. The van der Waals surface area contributed by atoms with E-state index in [2.05, 4.69) is 10.4 Å². The van der Waals surface area contributed by atoms with Crippen LogP contribution in [0.2, 0.25) is 0 Å². The number of carboxylic acid groups (broad SMARTS) is 1. The predicted octanol–water partition coefficient (Wildman–Crippen LogP) is 0.921. The molecule has 3 amide bonds. The van der Waals surface area contributed by atoms with Crippen LogP contribution in [0.3, 0.4) is 0 Å². The number of likely N-dealkylation sites (N-methyl/N-ethyl adjacent to an activating group) is 1. The zero-order valence-corrected chi connectivity index (χ0v) is 15.9. The van der Waals surface area contributed by atoms with Crippen molar-refractivity contribution < 1.29 is 24.2 Å². The van der Waals surface area contributed by atoms with Crippen LogP contribution in [0.15, 0.2) is 30.3 Å². The van der Waals surface area contributed by atoms with Crippen molar-refractivity contribution >= 4 is 23.6 Å². The van der Waals surface area contributed by atoms with Crippen LogP contribution in [0.5, 0.6) is 5.75 Å². The fraction of sp³-hybridized carbons (Fsp3) is 0.368. The number of carbonyl (C=O) groups is 3. The van der Waals surface area contributed by atoms with Crippen molar-refractivity contribution in [2.24, 2.45) is 0 Å². The van der Waals surface area contributed by atoms with Crippen LogP contribution in [0.1, 0.15) is 22.6 Å². The van der Waals surface area contributed by atoms with Gasteiger partial charge in [-0.2, -0.15) is 5.10 Å². The number of nitrogens with one attached hydrogen (secondary N) is 1. The van der Waals surface area contributed by atoms with Gasteiger partial charge in [0.05, 0.1) is 17.9 Å². The number of fused-ring (bicyclic) bond motifs is 2. The summed E-state index contributed by atoms with van der Waals surface area (Å²) >= 11 is 0. The topological polar surface area (TPSA) is 117 Å². The first-order chi connectivity index (χ1) is 13.9. The average molecular weight is 399 g/mol. The van der Waals surface area contributed by atoms with Gasteiger partial charge in [0.2, 0.25) is 0 Å². The number of carbonyl (C=O) groups excluding carboxylic acids is 2. The molecule has 0 bridgehead atoms. The molecule has 1 atom stereocenters. The highest BCUT2D eigenvalue weighted by Gasteiger charge is 2.31. The zero-order valence-electron chi connectivity index (χ0n) is 15.9. The lowest BCUT2D eigenvalue weighted by molar-refractivity contribution is -0.120. The summed E-state index contributed by atoms with van der Waals surface area (Å²) in [5.74, 6) is -0.225. The van der Waals surface area contributed by atoms with Crippen LogP contribution in [0, 0.1) is 0 Å². The van der Waals surface area contributed by atoms with Crippen LogP contribution >= 0.6 is 0 Å². The Kier molecular flexibility index (Phi) is 4.83. The molecule has 1 aromatic carbocycles. The third-order valence-corrected chi connectivity index (χ3v) is 5.08. The van der Waals surface area contributed by atoms with Gasteiger partial charge in [-0.15, -0.1) is 0 Å². The van der Waals surface area contributed by atoms with Crippen LogP contribution in [0.4, 0.5) is 10.5 Å². The maximum absolute atomic E-state index is 12.8. The molecule has 0 aliphatic carbocycles. The van der Waals surface area contributed by atoms with Crippen molar-refractivity contribution in [1.82, 2.24) is 20.0 Å². The monoisotopic (exact) mass is 399 g/mol. The van der Waals surface area contributed by atoms with E-state index in [0.29, 0.717) is 36.6 Å². The molecule has 0 saturated carbocycles.